The Morgan fingerprint density at radius 1 is 1.23 bits per heavy atom. The lowest BCUT2D eigenvalue weighted by atomic mass is 9.94. The van der Waals surface area contributed by atoms with E-state index in [1.807, 2.05) is 0 Å². The molecule has 8 heteroatoms. The van der Waals surface area contributed by atoms with Crippen molar-refractivity contribution in [3.63, 3.8) is 0 Å². The van der Waals surface area contributed by atoms with E-state index in [-0.39, 0.29) is 12.3 Å². The van der Waals surface area contributed by atoms with E-state index < -0.39 is 49.3 Å². The van der Waals surface area contributed by atoms with E-state index >= 15 is 0 Å². The van der Waals surface area contributed by atoms with Crippen molar-refractivity contribution in [3.8, 4) is 5.75 Å². The predicted molar refractivity (Wildman–Crippen MR) is 72.5 cm³/mol. The van der Waals surface area contributed by atoms with Crippen LogP contribution in [0, 0.1) is 5.82 Å². The first-order valence-electron chi connectivity index (χ1n) is 6.77. The molecule has 1 aromatic carbocycles. The van der Waals surface area contributed by atoms with Crippen molar-refractivity contribution in [2.24, 2.45) is 0 Å². The zero-order valence-corrected chi connectivity index (χ0v) is 11.7. The van der Waals surface area contributed by atoms with Crippen molar-refractivity contribution in [1.82, 2.24) is 4.90 Å². The largest absolute Gasteiger partial charge is 0.484 e. The van der Waals surface area contributed by atoms with Crippen molar-refractivity contribution in [2.75, 3.05) is 19.8 Å². The highest BCUT2D eigenvalue weighted by Gasteiger charge is 2.43. The molecule has 122 valence electrons. The van der Waals surface area contributed by atoms with Gasteiger partial charge in [-0.3, -0.25) is 4.79 Å². The number of piperidine rings is 1. The van der Waals surface area contributed by atoms with Gasteiger partial charge in [0, 0.05) is 6.54 Å². The summed E-state index contributed by atoms with van der Waals surface area (Å²) in [6.45, 7) is -1.19. The van der Waals surface area contributed by atoms with Crippen LogP contribution < -0.4 is 4.74 Å². The molecule has 1 aliphatic heterocycles. The molecule has 1 fully saturated rings. The molecule has 1 saturated heterocycles. The Hall–Kier alpha value is -1.74. The Morgan fingerprint density at radius 2 is 1.86 bits per heavy atom. The Kier molecular flexibility index (Phi) is 5.30. The fraction of sp³-hybridized carbons (Fsp3) is 0.500. The minimum Gasteiger partial charge on any atom is -0.484 e. The third-order valence-electron chi connectivity index (χ3n) is 3.61. The van der Waals surface area contributed by atoms with Gasteiger partial charge in [0.05, 0.1) is 12.6 Å². The monoisotopic (exact) mass is 315 g/mol. The number of amides is 1. The fourth-order valence-corrected chi connectivity index (χ4v) is 2.34. The number of carbonyl (C=O) groups is 1. The first-order valence-corrected chi connectivity index (χ1v) is 6.77. The molecule has 0 aromatic heterocycles. The zero-order chi connectivity index (χ0) is 16.3. The predicted octanol–water partition coefficient (Wildman–Crippen LogP) is -1.51. The number of β-amino-alcohol motifs (C(OH)–C–C–N with tert-alkyl or cyclic N) is 1. The molecule has 0 spiro atoms. The summed E-state index contributed by atoms with van der Waals surface area (Å²) in [6.07, 6.45) is -4.20. The van der Waals surface area contributed by atoms with Crippen LogP contribution in [0.3, 0.4) is 0 Å². The number of halogens is 1. The molecule has 7 nitrogen and oxygen atoms in total. The van der Waals surface area contributed by atoms with Crippen molar-refractivity contribution in [3.05, 3.63) is 30.1 Å². The summed E-state index contributed by atoms with van der Waals surface area (Å²) in [5.41, 5.74) is 0. The molecule has 0 radical (unpaired) electrons. The molecule has 1 aromatic rings. The summed E-state index contributed by atoms with van der Waals surface area (Å²) in [6, 6.07) is 4.05. The van der Waals surface area contributed by atoms with Gasteiger partial charge in [0.15, 0.2) is 6.61 Å². The molecule has 0 aliphatic carbocycles. The lowest BCUT2D eigenvalue weighted by Gasteiger charge is -2.42. The summed E-state index contributed by atoms with van der Waals surface area (Å²) in [4.78, 5) is 13.2. The number of likely N-dealkylation sites (tertiary alicyclic amines) is 1. The van der Waals surface area contributed by atoms with E-state index in [1.54, 1.807) is 0 Å². The average Bonchev–Trinajstić information content (AvgIpc) is 2.51. The maximum Gasteiger partial charge on any atom is 0.261 e. The molecule has 1 aliphatic rings. The number of hydrogen-bond donors (Lipinski definition) is 4. The van der Waals surface area contributed by atoms with Crippen LogP contribution in [0.1, 0.15) is 0 Å². The van der Waals surface area contributed by atoms with E-state index in [9.17, 15) is 29.6 Å². The topological polar surface area (TPSA) is 110 Å². The Bertz CT molecular complexity index is 511. The first-order chi connectivity index (χ1) is 10.4. The molecule has 0 unspecified atom stereocenters. The van der Waals surface area contributed by atoms with Crippen LogP contribution in [0.25, 0.3) is 0 Å². The van der Waals surface area contributed by atoms with Crippen molar-refractivity contribution in [2.45, 2.75) is 24.4 Å². The highest BCUT2D eigenvalue weighted by molar-refractivity contribution is 5.78. The molecule has 2 rings (SSSR count). The van der Waals surface area contributed by atoms with Gasteiger partial charge in [-0.15, -0.1) is 0 Å². The third kappa shape index (κ3) is 3.53. The average molecular weight is 315 g/mol. The molecule has 4 atom stereocenters. The molecule has 0 bridgehead atoms. The normalized spacial score (nSPS) is 28.5. The second kappa shape index (κ2) is 7.01. The molecule has 1 heterocycles. The number of ether oxygens (including phenoxy) is 1. The van der Waals surface area contributed by atoms with E-state index in [0.717, 1.165) is 4.90 Å². The third-order valence-corrected chi connectivity index (χ3v) is 3.61. The van der Waals surface area contributed by atoms with Crippen LogP contribution in [-0.4, -0.2) is 75.3 Å². The van der Waals surface area contributed by atoms with Gasteiger partial charge >= 0.3 is 0 Å². The van der Waals surface area contributed by atoms with Crippen LogP contribution in [-0.2, 0) is 4.79 Å². The molecular weight excluding hydrogens is 297 g/mol. The lowest BCUT2D eigenvalue weighted by molar-refractivity contribution is -0.167. The summed E-state index contributed by atoms with van der Waals surface area (Å²) < 4.78 is 18.0. The minimum absolute atomic E-state index is 0.227. The Labute approximate surface area is 126 Å². The standard InChI is InChI=1S/C14H18FNO6/c15-8-1-3-9(4-2-8)22-7-12(19)16-5-11(18)14(21)13(20)10(16)6-17/h1-4,10-11,13-14,17-18,20-21H,5-7H2/t10-,11+,13-,14-/m1/s1. The first kappa shape index (κ1) is 16.6. The van der Waals surface area contributed by atoms with Gasteiger partial charge in [-0.2, -0.15) is 0 Å². The van der Waals surface area contributed by atoms with Gasteiger partial charge in [0.2, 0.25) is 0 Å². The SMILES string of the molecule is O=C(COc1ccc(F)cc1)N1C[C@H](O)[C@@H](O)[C@H](O)[C@H]1CO. The highest BCUT2D eigenvalue weighted by atomic mass is 19.1. The summed E-state index contributed by atoms with van der Waals surface area (Å²) in [7, 11) is 0. The molecule has 0 saturated carbocycles. The van der Waals surface area contributed by atoms with Crippen LogP contribution in [0.2, 0.25) is 0 Å². The van der Waals surface area contributed by atoms with E-state index in [4.69, 9.17) is 4.74 Å². The molecule has 1 amide bonds. The Morgan fingerprint density at radius 3 is 2.45 bits per heavy atom. The second-order valence-corrected chi connectivity index (χ2v) is 5.09. The summed E-state index contributed by atoms with van der Waals surface area (Å²) in [5, 5.41) is 38.3. The maximum absolute atomic E-state index is 12.8. The number of rotatable bonds is 4. The van der Waals surface area contributed by atoms with E-state index in [0.29, 0.717) is 0 Å². The quantitative estimate of drug-likeness (QED) is 0.538. The van der Waals surface area contributed by atoms with Gasteiger partial charge in [-0.05, 0) is 24.3 Å². The number of benzene rings is 1. The minimum atomic E-state index is -1.46. The van der Waals surface area contributed by atoms with E-state index in [2.05, 4.69) is 0 Å². The van der Waals surface area contributed by atoms with Crippen LogP contribution >= 0.6 is 0 Å². The van der Waals surface area contributed by atoms with Gasteiger partial charge in [0.25, 0.3) is 5.91 Å². The van der Waals surface area contributed by atoms with Crippen molar-refractivity contribution >= 4 is 5.91 Å². The molecular formula is C14H18FNO6. The number of aliphatic hydroxyl groups is 4. The number of aliphatic hydroxyl groups excluding tert-OH is 4. The van der Waals surface area contributed by atoms with Gasteiger partial charge < -0.3 is 30.1 Å². The van der Waals surface area contributed by atoms with Crippen LogP contribution in [0.15, 0.2) is 24.3 Å². The number of nitrogens with zero attached hydrogens (tertiary/aromatic N) is 1. The van der Waals surface area contributed by atoms with Gasteiger partial charge in [-0.25, -0.2) is 4.39 Å². The highest BCUT2D eigenvalue weighted by Crippen LogP contribution is 2.19. The zero-order valence-electron chi connectivity index (χ0n) is 11.7. The van der Waals surface area contributed by atoms with Crippen LogP contribution in [0.5, 0.6) is 5.75 Å². The van der Waals surface area contributed by atoms with Crippen LogP contribution in [0.4, 0.5) is 4.39 Å². The number of hydrogen-bond acceptors (Lipinski definition) is 6. The van der Waals surface area contributed by atoms with Crippen molar-refractivity contribution in [1.29, 1.82) is 0 Å². The fourth-order valence-electron chi connectivity index (χ4n) is 2.34. The van der Waals surface area contributed by atoms with Gasteiger partial charge in [0.1, 0.15) is 29.9 Å². The lowest BCUT2D eigenvalue weighted by Crippen LogP contribution is -2.64. The molecule has 22 heavy (non-hydrogen) atoms. The van der Waals surface area contributed by atoms with E-state index in [1.165, 1.54) is 24.3 Å². The summed E-state index contributed by atoms with van der Waals surface area (Å²) >= 11 is 0. The molecule has 4 N–H and O–H groups in total. The van der Waals surface area contributed by atoms with Gasteiger partial charge in [-0.1, -0.05) is 0 Å². The maximum atomic E-state index is 12.8. The second-order valence-electron chi connectivity index (χ2n) is 5.09. The van der Waals surface area contributed by atoms with Crippen molar-refractivity contribution < 1.29 is 34.3 Å². The number of carbonyl (C=O) groups excluding carboxylic acids is 1. The summed E-state index contributed by atoms with van der Waals surface area (Å²) in [5.74, 6) is -0.725. The Balaban J connectivity index is 1.99. The smallest absolute Gasteiger partial charge is 0.261 e.